The molecule has 0 rings (SSSR count). The maximum absolute atomic E-state index is 10.2. The van der Waals surface area contributed by atoms with E-state index in [2.05, 4.69) is 6.92 Å². The SMILES string of the molecule is CCCCCCCCCCCCCCCOCCOCCOCCOCCOCCOCC(=O)O. The molecule has 8 nitrogen and oxygen atoms in total. The molecule has 0 aromatic heterocycles. The van der Waals surface area contributed by atoms with Gasteiger partial charge in [-0.3, -0.25) is 0 Å². The molecule has 35 heavy (non-hydrogen) atoms. The van der Waals surface area contributed by atoms with E-state index in [0.29, 0.717) is 59.5 Å². The molecule has 8 heteroatoms. The Balaban J connectivity index is 3.01. The van der Waals surface area contributed by atoms with Crippen LogP contribution in [0.4, 0.5) is 0 Å². The topological polar surface area (TPSA) is 92.7 Å². The Hall–Kier alpha value is -0.770. The highest BCUT2D eigenvalue weighted by molar-refractivity contribution is 5.67. The number of carbonyl (C=O) groups is 1. The highest BCUT2D eigenvalue weighted by Gasteiger charge is 1.97. The number of hydrogen-bond acceptors (Lipinski definition) is 7. The average molecular weight is 507 g/mol. The molecule has 0 radical (unpaired) electrons. The molecular weight excluding hydrogens is 452 g/mol. The largest absolute Gasteiger partial charge is 0.480 e. The molecule has 0 amide bonds. The van der Waals surface area contributed by atoms with Crippen molar-refractivity contribution >= 4 is 5.97 Å². The summed E-state index contributed by atoms with van der Waals surface area (Å²) in [7, 11) is 0. The molecule has 0 spiro atoms. The van der Waals surface area contributed by atoms with Crippen molar-refractivity contribution in [2.24, 2.45) is 0 Å². The second-order valence-corrected chi connectivity index (χ2v) is 8.75. The Kier molecular flexibility index (Phi) is 30.6. The van der Waals surface area contributed by atoms with Gasteiger partial charge in [0, 0.05) is 6.61 Å². The van der Waals surface area contributed by atoms with E-state index >= 15 is 0 Å². The summed E-state index contributed by atoms with van der Waals surface area (Å²) in [6.07, 6.45) is 17.8. The first-order chi connectivity index (χ1) is 17.3. The summed E-state index contributed by atoms with van der Waals surface area (Å²) in [4.78, 5) is 10.2. The number of hydrogen-bond donors (Lipinski definition) is 1. The van der Waals surface area contributed by atoms with Gasteiger partial charge in [0.15, 0.2) is 0 Å². The van der Waals surface area contributed by atoms with Gasteiger partial charge in [-0.05, 0) is 6.42 Å². The van der Waals surface area contributed by atoms with Gasteiger partial charge in [0.25, 0.3) is 0 Å². The zero-order valence-electron chi connectivity index (χ0n) is 22.5. The number of carboxylic acid groups (broad SMARTS) is 1. The van der Waals surface area contributed by atoms with E-state index < -0.39 is 5.97 Å². The minimum absolute atomic E-state index is 0.264. The maximum Gasteiger partial charge on any atom is 0.329 e. The van der Waals surface area contributed by atoms with Crippen molar-refractivity contribution in [3.05, 3.63) is 0 Å². The van der Waals surface area contributed by atoms with Crippen LogP contribution in [0.2, 0.25) is 0 Å². The minimum Gasteiger partial charge on any atom is -0.480 e. The summed E-state index contributed by atoms with van der Waals surface area (Å²) in [5.74, 6) is -0.979. The summed E-state index contributed by atoms with van der Waals surface area (Å²) < 4.78 is 32.0. The van der Waals surface area contributed by atoms with E-state index in [1.54, 1.807) is 0 Å². The third kappa shape index (κ3) is 33.2. The van der Waals surface area contributed by atoms with Crippen molar-refractivity contribution in [2.75, 3.05) is 79.3 Å². The molecule has 0 aliphatic carbocycles. The molecule has 0 aliphatic rings. The summed E-state index contributed by atoms with van der Waals surface area (Å²) in [5, 5.41) is 8.41. The molecule has 0 saturated carbocycles. The van der Waals surface area contributed by atoms with E-state index in [4.69, 9.17) is 33.5 Å². The Labute approximate surface area is 214 Å². The normalized spacial score (nSPS) is 11.3. The van der Waals surface area contributed by atoms with Crippen LogP contribution in [0.1, 0.15) is 90.4 Å². The van der Waals surface area contributed by atoms with Crippen molar-refractivity contribution in [1.29, 1.82) is 0 Å². The second-order valence-electron chi connectivity index (χ2n) is 8.75. The van der Waals surface area contributed by atoms with Crippen LogP contribution in [0.3, 0.4) is 0 Å². The van der Waals surface area contributed by atoms with E-state index in [9.17, 15) is 4.79 Å². The Morgan fingerprint density at radius 1 is 0.429 bits per heavy atom. The van der Waals surface area contributed by atoms with Gasteiger partial charge in [0.05, 0.1) is 66.1 Å². The van der Waals surface area contributed by atoms with Gasteiger partial charge in [0.1, 0.15) is 6.61 Å². The van der Waals surface area contributed by atoms with Crippen LogP contribution in [0.25, 0.3) is 0 Å². The molecule has 0 fully saturated rings. The lowest BCUT2D eigenvalue weighted by atomic mass is 10.0. The number of rotatable bonds is 31. The zero-order chi connectivity index (χ0) is 25.5. The monoisotopic (exact) mass is 506 g/mol. The quantitative estimate of drug-likeness (QED) is 0.127. The van der Waals surface area contributed by atoms with Gasteiger partial charge in [-0.1, -0.05) is 84.0 Å². The molecule has 0 saturated heterocycles. The molecular formula is C27H54O8. The van der Waals surface area contributed by atoms with E-state index in [-0.39, 0.29) is 13.2 Å². The van der Waals surface area contributed by atoms with Gasteiger partial charge >= 0.3 is 5.97 Å². The lowest BCUT2D eigenvalue weighted by Gasteiger charge is -2.08. The summed E-state index contributed by atoms with van der Waals surface area (Å²) in [6.45, 7) is 7.69. The first-order valence-corrected chi connectivity index (χ1v) is 14.0. The van der Waals surface area contributed by atoms with Crippen LogP contribution in [0.5, 0.6) is 0 Å². The molecule has 0 heterocycles. The molecule has 210 valence electrons. The lowest BCUT2D eigenvalue weighted by Crippen LogP contribution is -2.15. The van der Waals surface area contributed by atoms with Gasteiger partial charge in [0.2, 0.25) is 0 Å². The number of ether oxygens (including phenoxy) is 6. The maximum atomic E-state index is 10.2. The molecule has 1 N–H and O–H groups in total. The Bertz CT molecular complexity index is 409. The van der Waals surface area contributed by atoms with Crippen LogP contribution >= 0.6 is 0 Å². The fourth-order valence-electron chi connectivity index (χ4n) is 3.48. The molecule has 0 atom stereocenters. The summed E-state index contributed by atoms with van der Waals surface area (Å²) in [5.41, 5.74) is 0. The average Bonchev–Trinajstić information content (AvgIpc) is 2.85. The molecule has 0 bridgehead atoms. The highest BCUT2D eigenvalue weighted by atomic mass is 16.6. The molecule has 0 aliphatic heterocycles. The predicted molar refractivity (Wildman–Crippen MR) is 138 cm³/mol. The number of carboxylic acids is 1. The van der Waals surface area contributed by atoms with Crippen molar-refractivity contribution in [3.63, 3.8) is 0 Å². The first-order valence-electron chi connectivity index (χ1n) is 14.0. The summed E-state index contributed by atoms with van der Waals surface area (Å²) in [6, 6.07) is 0. The van der Waals surface area contributed by atoms with Crippen molar-refractivity contribution in [3.8, 4) is 0 Å². The minimum atomic E-state index is -0.979. The first kappa shape index (κ1) is 34.2. The summed E-state index contributed by atoms with van der Waals surface area (Å²) >= 11 is 0. The number of aliphatic carboxylic acids is 1. The van der Waals surface area contributed by atoms with Gasteiger partial charge in [-0.2, -0.15) is 0 Å². The van der Waals surface area contributed by atoms with Crippen LogP contribution < -0.4 is 0 Å². The smallest absolute Gasteiger partial charge is 0.329 e. The highest BCUT2D eigenvalue weighted by Crippen LogP contribution is 2.12. The van der Waals surface area contributed by atoms with Crippen molar-refractivity contribution < 1.29 is 38.3 Å². The second kappa shape index (κ2) is 31.3. The standard InChI is InChI=1S/C27H54O8/c1-2-3-4-5-6-7-8-9-10-11-12-13-14-15-30-16-17-31-18-19-32-20-21-33-22-23-34-24-25-35-26-27(28)29/h2-26H2,1H3,(H,28,29). The Morgan fingerprint density at radius 3 is 1.06 bits per heavy atom. The molecule has 0 aromatic carbocycles. The van der Waals surface area contributed by atoms with Crippen LogP contribution in [0.15, 0.2) is 0 Å². The van der Waals surface area contributed by atoms with E-state index in [1.807, 2.05) is 0 Å². The zero-order valence-corrected chi connectivity index (χ0v) is 22.5. The third-order valence-corrected chi connectivity index (χ3v) is 5.48. The molecule has 0 aromatic rings. The Morgan fingerprint density at radius 2 is 0.714 bits per heavy atom. The number of unbranched alkanes of at least 4 members (excludes halogenated alkanes) is 12. The lowest BCUT2D eigenvalue weighted by molar-refractivity contribution is -0.142. The van der Waals surface area contributed by atoms with Crippen LogP contribution in [-0.2, 0) is 33.2 Å². The fraction of sp³-hybridized carbons (Fsp3) is 0.963. The van der Waals surface area contributed by atoms with E-state index in [1.165, 1.54) is 77.0 Å². The van der Waals surface area contributed by atoms with Gasteiger partial charge in [-0.15, -0.1) is 0 Å². The molecule has 0 unspecified atom stereocenters. The van der Waals surface area contributed by atoms with Gasteiger partial charge < -0.3 is 33.5 Å². The predicted octanol–water partition coefficient (Wildman–Crippen LogP) is 5.26. The fourth-order valence-corrected chi connectivity index (χ4v) is 3.48. The van der Waals surface area contributed by atoms with Crippen molar-refractivity contribution in [1.82, 2.24) is 0 Å². The third-order valence-electron chi connectivity index (χ3n) is 5.48. The van der Waals surface area contributed by atoms with Gasteiger partial charge in [-0.25, -0.2) is 4.79 Å². The van der Waals surface area contributed by atoms with Crippen LogP contribution in [-0.4, -0.2) is 90.4 Å². The van der Waals surface area contributed by atoms with Crippen molar-refractivity contribution in [2.45, 2.75) is 90.4 Å². The van der Waals surface area contributed by atoms with Crippen LogP contribution in [0, 0.1) is 0 Å². The van der Waals surface area contributed by atoms with E-state index in [0.717, 1.165) is 13.0 Å².